The Morgan fingerprint density at radius 1 is 0.682 bits per heavy atom. The maximum absolute atomic E-state index is 10.6. The van der Waals surface area contributed by atoms with E-state index in [4.69, 9.17) is 23.7 Å². The van der Waals surface area contributed by atoms with Crippen molar-refractivity contribution in [3.63, 3.8) is 0 Å². The first-order valence-electron chi connectivity index (χ1n) is 7.59. The van der Waals surface area contributed by atoms with Gasteiger partial charge in [-0.3, -0.25) is 4.79 Å². The highest BCUT2D eigenvalue weighted by atomic mass is 16.6. The summed E-state index contributed by atoms with van der Waals surface area (Å²) in [7, 11) is 0. The normalized spacial score (nSPS) is 10.8. The number of carbonyl (C=O) groups is 2. The van der Waals surface area contributed by atoms with Gasteiger partial charge < -0.3 is 28.5 Å². The van der Waals surface area contributed by atoms with E-state index in [9.17, 15) is 9.59 Å². The lowest BCUT2D eigenvalue weighted by Crippen LogP contribution is -2.13. The second kappa shape index (κ2) is 18.2. The molecule has 0 amide bonds. The smallest absolute Gasteiger partial charge is 0.132 e. The highest BCUT2D eigenvalue weighted by Gasteiger charge is 1.95. The Kier molecular flexibility index (Phi) is 17.5. The predicted molar refractivity (Wildman–Crippen MR) is 80.1 cm³/mol. The maximum atomic E-state index is 10.6. The van der Waals surface area contributed by atoms with E-state index in [0.717, 1.165) is 6.29 Å². The van der Waals surface area contributed by atoms with Gasteiger partial charge in [0.15, 0.2) is 0 Å². The van der Waals surface area contributed by atoms with Gasteiger partial charge in [-0.15, -0.1) is 0 Å². The average Bonchev–Trinajstić information content (AvgIpc) is 2.50. The molecule has 0 saturated carbocycles. The molecule has 0 radical (unpaired) electrons. The number of rotatable bonds is 18. The summed E-state index contributed by atoms with van der Waals surface area (Å²) in [5.74, 6) is 0.129. The fourth-order valence-corrected chi connectivity index (χ4v) is 1.33. The second-order valence-corrected chi connectivity index (χ2v) is 4.47. The first kappa shape index (κ1) is 21.1. The third-order valence-corrected chi connectivity index (χ3v) is 2.47. The van der Waals surface area contributed by atoms with Crippen LogP contribution < -0.4 is 0 Å². The van der Waals surface area contributed by atoms with Crippen LogP contribution in [0.3, 0.4) is 0 Å². The summed E-state index contributed by atoms with van der Waals surface area (Å²) in [4.78, 5) is 20.7. The van der Waals surface area contributed by atoms with Crippen molar-refractivity contribution in [2.75, 3.05) is 66.1 Å². The zero-order valence-corrected chi connectivity index (χ0v) is 13.4. The summed E-state index contributed by atoms with van der Waals surface area (Å²) < 4.78 is 26.2. The fraction of sp³-hybridized carbons (Fsp3) is 0.867. The van der Waals surface area contributed by atoms with Gasteiger partial charge in [0, 0.05) is 12.8 Å². The summed E-state index contributed by atoms with van der Waals surface area (Å²) in [5, 5.41) is 0. The van der Waals surface area contributed by atoms with Crippen LogP contribution in [0.15, 0.2) is 0 Å². The molecule has 0 saturated heterocycles. The molecule has 7 nitrogen and oxygen atoms in total. The van der Waals surface area contributed by atoms with Gasteiger partial charge in [-0.2, -0.15) is 0 Å². The molecule has 0 aromatic rings. The van der Waals surface area contributed by atoms with Crippen LogP contribution in [-0.4, -0.2) is 78.1 Å². The molecule has 0 aliphatic heterocycles. The Hall–Kier alpha value is -0.860. The van der Waals surface area contributed by atoms with Crippen molar-refractivity contribution in [1.29, 1.82) is 0 Å². The molecule has 0 fully saturated rings. The standard InChI is InChI=1S/C15H28O7/c1-15(17)3-6-19-8-10-21-12-14-22-13-11-20-9-7-18-5-2-4-16/h4H,2-3,5-14H2,1H3. The Labute approximate surface area is 132 Å². The topological polar surface area (TPSA) is 80.3 Å². The number of hydrogen-bond acceptors (Lipinski definition) is 7. The van der Waals surface area contributed by atoms with Crippen LogP contribution in [0, 0.1) is 0 Å². The van der Waals surface area contributed by atoms with Gasteiger partial charge in [0.25, 0.3) is 0 Å². The summed E-state index contributed by atoms with van der Waals surface area (Å²) in [6.07, 6.45) is 1.70. The van der Waals surface area contributed by atoms with Crippen LogP contribution in [0.4, 0.5) is 0 Å². The molecule has 0 aliphatic rings. The van der Waals surface area contributed by atoms with E-state index in [2.05, 4.69) is 0 Å². The molecule has 0 aromatic heterocycles. The quantitative estimate of drug-likeness (QED) is 0.271. The van der Waals surface area contributed by atoms with Crippen LogP contribution in [-0.2, 0) is 33.3 Å². The van der Waals surface area contributed by atoms with Crippen molar-refractivity contribution >= 4 is 12.1 Å². The minimum absolute atomic E-state index is 0.129. The van der Waals surface area contributed by atoms with Crippen LogP contribution in [0.1, 0.15) is 19.8 Å². The van der Waals surface area contributed by atoms with E-state index in [1.807, 2.05) is 0 Å². The molecule has 130 valence electrons. The number of aldehydes is 1. The van der Waals surface area contributed by atoms with Gasteiger partial charge in [-0.1, -0.05) is 0 Å². The largest absolute Gasteiger partial charge is 0.379 e. The number of Topliss-reactive ketones (excluding diaryl/α,β-unsaturated/α-hetero) is 1. The van der Waals surface area contributed by atoms with E-state index < -0.39 is 0 Å². The molecule has 0 bridgehead atoms. The summed E-state index contributed by atoms with van der Waals surface area (Å²) in [6.45, 7) is 6.43. The van der Waals surface area contributed by atoms with Gasteiger partial charge in [0.05, 0.1) is 66.1 Å². The molecular weight excluding hydrogens is 292 g/mol. The third kappa shape index (κ3) is 19.1. The monoisotopic (exact) mass is 320 g/mol. The summed E-state index contributed by atoms with van der Waals surface area (Å²) in [5.41, 5.74) is 0. The van der Waals surface area contributed by atoms with E-state index in [-0.39, 0.29) is 5.78 Å². The van der Waals surface area contributed by atoms with Crippen molar-refractivity contribution in [3.05, 3.63) is 0 Å². The van der Waals surface area contributed by atoms with Crippen molar-refractivity contribution < 1.29 is 33.3 Å². The fourth-order valence-electron chi connectivity index (χ4n) is 1.33. The summed E-state index contributed by atoms with van der Waals surface area (Å²) in [6, 6.07) is 0. The van der Waals surface area contributed by atoms with Crippen LogP contribution in [0.2, 0.25) is 0 Å². The van der Waals surface area contributed by atoms with E-state index in [1.54, 1.807) is 6.92 Å². The Morgan fingerprint density at radius 3 is 1.41 bits per heavy atom. The molecule has 7 heteroatoms. The Morgan fingerprint density at radius 2 is 1.05 bits per heavy atom. The highest BCUT2D eigenvalue weighted by Crippen LogP contribution is 1.86. The molecule has 0 aromatic carbocycles. The number of hydrogen-bond donors (Lipinski definition) is 0. The molecule has 22 heavy (non-hydrogen) atoms. The average molecular weight is 320 g/mol. The predicted octanol–water partition coefficient (Wildman–Crippen LogP) is 0.638. The van der Waals surface area contributed by atoms with Crippen molar-refractivity contribution in [1.82, 2.24) is 0 Å². The molecule has 0 unspecified atom stereocenters. The van der Waals surface area contributed by atoms with E-state index in [0.29, 0.717) is 78.9 Å². The Bertz CT molecular complexity index is 258. The SMILES string of the molecule is CC(=O)CCOCCOCCOCCOCCOCCC=O. The van der Waals surface area contributed by atoms with Gasteiger partial charge in [0.2, 0.25) is 0 Å². The van der Waals surface area contributed by atoms with E-state index in [1.165, 1.54) is 0 Å². The molecule has 0 N–H and O–H groups in total. The molecule has 0 atom stereocenters. The minimum atomic E-state index is 0.129. The zero-order chi connectivity index (χ0) is 16.3. The highest BCUT2D eigenvalue weighted by molar-refractivity contribution is 5.75. The maximum Gasteiger partial charge on any atom is 0.132 e. The van der Waals surface area contributed by atoms with Gasteiger partial charge in [-0.05, 0) is 6.92 Å². The van der Waals surface area contributed by atoms with Gasteiger partial charge >= 0.3 is 0 Å². The lowest BCUT2D eigenvalue weighted by molar-refractivity contribution is -0.118. The van der Waals surface area contributed by atoms with E-state index >= 15 is 0 Å². The van der Waals surface area contributed by atoms with Crippen LogP contribution in [0.5, 0.6) is 0 Å². The van der Waals surface area contributed by atoms with Gasteiger partial charge in [-0.25, -0.2) is 0 Å². The number of ether oxygens (including phenoxy) is 5. The first-order valence-corrected chi connectivity index (χ1v) is 7.59. The molecule has 0 heterocycles. The van der Waals surface area contributed by atoms with Crippen molar-refractivity contribution in [2.24, 2.45) is 0 Å². The van der Waals surface area contributed by atoms with Crippen molar-refractivity contribution in [3.8, 4) is 0 Å². The lowest BCUT2D eigenvalue weighted by atomic mass is 10.3. The van der Waals surface area contributed by atoms with Crippen LogP contribution in [0.25, 0.3) is 0 Å². The minimum Gasteiger partial charge on any atom is -0.379 e. The summed E-state index contributed by atoms with van der Waals surface area (Å²) >= 11 is 0. The zero-order valence-electron chi connectivity index (χ0n) is 13.4. The van der Waals surface area contributed by atoms with Gasteiger partial charge in [0.1, 0.15) is 12.1 Å². The molecule has 0 spiro atoms. The first-order chi connectivity index (χ1) is 10.8. The molecular formula is C15H28O7. The number of carbonyl (C=O) groups excluding carboxylic acids is 2. The third-order valence-electron chi connectivity index (χ3n) is 2.47. The van der Waals surface area contributed by atoms with Crippen molar-refractivity contribution in [2.45, 2.75) is 19.8 Å². The lowest BCUT2D eigenvalue weighted by Gasteiger charge is -2.07. The molecule has 0 aliphatic carbocycles. The second-order valence-electron chi connectivity index (χ2n) is 4.47. The number of ketones is 1. The Balaban J connectivity index is 2.97. The molecule has 0 rings (SSSR count). The van der Waals surface area contributed by atoms with Crippen LogP contribution >= 0.6 is 0 Å².